The highest BCUT2D eigenvalue weighted by Crippen LogP contribution is 2.22. The van der Waals surface area contributed by atoms with Gasteiger partial charge in [-0.25, -0.2) is 4.79 Å². The highest BCUT2D eigenvalue weighted by molar-refractivity contribution is 9.10. The van der Waals surface area contributed by atoms with Gasteiger partial charge in [-0.15, -0.1) is 0 Å². The molecule has 1 unspecified atom stereocenters. The molecule has 0 heterocycles. The third-order valence-electron chi connectivity index (χ3n) is 3.60. The number of rotatable bonds is 7. The normalized spacial score (nSPS) is 11.5. The van der Waals surface area contributed by atoms with E-state index >= 15 is 0 Å². The van der Waals surface area contributed by atoms with Crippen molar-refractivity contribution in [2.75, 3.05) is 13.7 Å². The van der Waals surface area contributed by atoms with Crippen LogP contribution in [0.25, 0.3) is 0 Å². The highest BCUT2D eigenvalue weighted by atomic mass is 79.9. The average Bonchev–Trinajstić information content (AvgIpc) is 2.60. The number of methoxy groups -OCH3 is 1. The molecule has 0 aliphatic heterocycles. The average molecular weight is 406 g/mol. The fraction of sp³-hybridized carbons (Fsp3) is 0.263. The molecule has 0 saturated heterocycles. The Morgan fingerprint density at radius 3 is 2.52 bits per heavy atom. The zero-order valence-corrected chi connectivity index (χ0v) is 15.7. The van der Waals surface area contributed by atoms with Gasteiger partial charge in [-0.05, 0) is 36.2 Å². The molecule has 0 bridgehead atoms. The number of hydrogen-bond acceptors (Lipinski definition) is 4. The van der Waals surface area contributed by atoms with E-state index < -0.39 is 12.0 Å². The number of carbonyl (C=O) groups excluding carboxylic acids is 2. The third-order valence-corrected chi connectivity index (χ3v) is 4.09. The molecule has 132 valence electrons. The molecule has 2 aromatic rings. The third kappa shape index (κ3) is 5.90. The lowest BCUT2D eigenvalue weighted by Crippen LogP contribution is -2.44. The van der Waals surface area contributed by atoms with Crippen LogP contribution in [0.4, 0.5) is 0 Å². The van der Waals surface area contributed by atoms with E-state index in [4.69, 9.17) is 9.47 Å². The highest BCUT2D eigenvalue weighted by Gasteiger charge is 2.22. The fourth-order valence-electron chi connectivity index (χ4n) is 2.34. The van der Waals surface area contributed by atoms with Gasteiger partial charge in [-0.2, -0.15) is 0 Å². The van der Waals surface area contributed by atoms with Gasteiger partial charge in [0, 0.05) is 10.9 Å². The predicted octanol–water partition coefficient (Wildman–Crippen LogP) is 3.04. The number of hydrogen-bond donors (Lipinski definition) is 1. The first-order valence-corrected chi connectivity index (χ1v) is 8.59. The number of nitrogens with one attached hydrogen (secondary N) is 1. The molecule has 0 spiro atoms. The van der Waals surface area contributed by atoms with Gasteiger partial charge in [0.15, 0.2) is 6.61 Å². The Balaban J connectivity index is 1.95. The van der Waals surface area contributed by atoms with E-state index in [1.165, 1.54) is 7.11 Å². The molecule has 1 N–H and O–H groups in total. The van der Waals surface area contributed by atoms with E-state index in [0.29, 0.717) is 12.2 Å². The van der Waals surface area contributed by atoms with Crippen LogP contribution in [-0.4, -0.2) is 31.6 Å². The molecule has 2 rings (SSSR count). The molecule has 25 heavy (non-hydrogen) atoms. The fourth-order valence-corrected chi connectivity index (χ4v) is 2.81. The van der Waals surface area contributed by atoms with Crippen LogP contribution in [-0.2, 0) is 20.7 Å². The summed E-state index contributed by atoms with van der Waals surface area (Å²) in [6, 6.07) is 14.2. The van der Waals surface area contributed by atoms with Crippen LogP contribution in [0.5, 0.6) is 5.75 Å². The standard InChI is InChI=1S/C19H20BrNO4/c1-13-10-15(20)8-9-17(13)25-12-18(22)21-16(19(23)24-2)11-14-6-4-3-5-7-14/h3-10,16H,11-12H2,1-2H3,(H,21,22). The maximum atomic E-state index is 12.2. The van der Waals surface area contributed by atoms with Crippen LogP contribution < -0.4 is 10.1 Å². The first-order chi connectivity index (χ1) is 12.0. The van der Waals surface area contributed by atoms with Crippen LogP contribution in [0.2, 0.25) is 0 Å². The number of amides is 1. The second-order valence-electron chi connectivity index (χ2n) is 5.53. The van der Waals surface area contributed by atoms with Gasteiger partial charge in [-0.3, -0.25) is 4.79 Å². The van der Waals surface area contributed by atoms with Crippen LogP contribution in [0.3, 0.4) is 0 Å². The summed E-state index contributed by atoms with van der Waals surface area (Å²) in [6.07, 6.45) is 0.358. The Bertz CT molecular complexity index is 733. The summed E-state index contributed by atoms with van der Waals surface area (Å²) < 4.78 is 11.3. The number of ether oxygens (including phenoxy) is 2. The summed E-state index contributed by atoms with van der Waals surface area (Å²) in [7, 11) is 1.30. The second-order valence-corrected chi connectivity index (χ2v) is 6.45. The van der Waals surface area contributed by atoms with Crippen molar-refractivity contribution >= 4 is 27.8 Å². The lowest BCUT2D eigenvalue weighted by Gasteiger charge is -2.17. The first kappa shape index (κ1) is 19.0. The molecule has 5 nitrogen and oxygen atoms in total. The van der Waals surface area contributed by atoms with Crippen molar-refractivity contribution in [3.05, 3.63) is 64.1 Å². The summed E-state index contributed by atoms with van der Waals surface area (Å²) in [4.78, 5) is 24.1. The lowest BCUT2D eigenvalue weighted by atomic mass is 10.1. The van der Waals surface area contributed by atoms with Crippen LogP contribution in [0.1, 0.15) is 11.1 Å². The summed E-state index contributed by atoms with van der Waals surface area (Å²) in [5.74, 6) is -0.248. The number of esters is 1. The molecular weight excluding hydrogens is 386 g/mol. The van der Waals surface area contributed by atoms with Crippen LogP contribution >= 0.6 is 15.9 Å². The Labute approximate surface area is 155 Å². The molecule has 0 aromatic heterocycles. The first-order valence-electron chi connectivity index (χ1n) is 7.79. The topological polar surface area (TPSA) is 64.6 Å². The smallest absolute Gasteiger partial charge is 0.328 e. The van der Waals surface area contributed by atoms with Gasteiger partial charge < -0.3 is 14.8 Å². The summed E-state index contributed by atoms with van der Waals surface area (Å²) in [5.41, 5.74) is 1.85. The zero-order chi connectivity index (χ0) is 18.2. The Morgan fingerprint density at radius 1 is 1.16 bits per heavy atom. The van der Waals surface area contributed by atoms with Gasteiger partial charge in [0.05, 0.1) is 7.11 Å². The maximum absolute atomic E-state index is 12.2. The van der Waals surface area contributed by atoms with Gasteiger partial charge in [0.1, 0.15) is 11.8 Å². The summed E-state index contributed by atoms with van der Waals surface area (Å²) >= 11 is 3.38. The van der Waals surface area contributed by atoms with E-state index in [1.54, 1.807) is 6.07 Å². The monoisotopic (exact) mass is 405 g/mol. The van der Waals surface area contributed by atoms with Crippen molar-refractivity contribution in [2.24, 2.45) is 0 Å². The number of halogens is 1. The minimum atomic E-state index is -0.755. The van der Waals surface area contributed by atoms with Crippen molar-refractivity contribution in [3.8, 4) is 5.75 Å². The van der Waals surface area contributed by atoms with Crippen molar-refractivity contribution in [3.63, 3.8) is 0 Å². The molecule has 0 fully saturated rings. The maximum Gasteiger partial charge on any atom is 0.328 e. The molecule has 1 amide bonds. The van der Waals surface area contributed by atoms with Gasteiger partial charge in [0.25, 0.3) is 5.91 Å². The van der Waals surface area contributed by atoms with E-state index in [1.807, 2.05) is 49.4 Å². The number of benzene rings is 2. The van der Waals surface area contributed by atoms with Crippen molar-refractivity contribution in [1.29, 1.82) is 0 Å². The molecule has 0 saturated carbocycles. The molecule has 0 aliphatic rings. The Morgan fingerprint density at radius 2 is 1.88 bits per heavy atom. The predicted molar refractivity (Wildman–Crippen MR) is 98.5 cm³/mol. The van der Waals surface area contributed by atoms with Crippen molar-refractivity contribution in [1.82, 2.24) is 5.32 Å². The Hall–Kier alpha value is -2.34. The molecule has 6 heteroatoms. The van der Waals surface area contributed by atoms with E-state index in [9.17, 15) is 9.59 Å². The van der Waals surface area contributed by atoms with Gasteiger partial charge in [0.2, 0.25) is 0 Å². The largest absolute Gasteiger partial charge is 0.484 e. The molecule has 0 aliphatic carbocycles. The minimum Gasteiger partial charge on any atom is -0.484 e. The van der Waals surface area contributed by atoms with E-state index in [-0.39, 0.29) is 12.5 Å². The molecule has 1 atom stereocenters. The quantitative estimate of drug-likeness (QED) is 0.718. The molecular formula is C19H20BrNO4. The zero-order valence-electron chi connectivity index (χ0n) is 14.1. The number of aryl methyl sites for hydroxylation is 1. The van der Waals surface area contributed by atoms with E-state index in [0.717, 1.165) is 15.6 Å². The summed E-state index contributed by atoms with van der Waals surface area (Å²) in [6.45, 7) is 1.72. The van der Waals surface area contributed by atoms with Gasteiger partial charge >= 0.3 is 5.97 Å². The number of carbonyl (C=O) groups is 2. The van der Waals surface area contributed by atoms with Crippen molar-refractivity contribution < 1.29 is 19.1 Å². The molecule has 0 radical (unpaired) electrons. The summed E-state index contributed by atoms with van der Waals surface area (Å²) in [5, 5.41) is 2.67. The Kier molecular flexibility index (Phi) is 7.01. The molecule has 2 aromatic carbocycles. The minimum absolute atomic E-state index is 0.176. The van der Waals surface area contributed by atoms with Crippen LogP contribution in [0.15, 0.2) is 53.0 Å². The van der Waals surface area contributed by atoms with Crippen LogP contribution in [0, 0.1) is 6.92 Å². The van der Waals surface area contributed by atoms with E-state index in [2.05, 4.69) is 21.2 Å². The lowest BCUT2D eigenvalue weighted by molar-refractivity contribution is -0.145. The van der Waals surface area contributed by atoms with Gasteiger partial charge in [-0.1, -0.05) is 46.3 Å². The SMILES string of the molecule is COC(=O)C(Cc1ccccc1)NC(=O)COc1ccc(Br)cc1C. The second kappa shape index (κ2) is 9.22. The van der Waals surface area contributed by atoms with Crippen molar-refractivity contribution in [2.45, 2.75) is 19.4 Å².